The molecule has 170 valence electrons. The van der Waals surface area contributed by atoms with Gasteiger partial charge in [0.2, 0.25) is 5.91 Å². The van der Waals surface area contributed by atoms with Crippen LogP contribution in [0.15, 0.2) is 54.6 Å². The van der Waals surface area contributed by atoms with E-state index in [4.69, 9.17) is 0 Å². The summed E-state index contributed by atoms with van der Waals surface area (Å²) in [5, 5.41) is 10.2. The van der Waals surface area contributed by atoms with Crippen molar-refractivity contribution in [1.29, 1.82) is 0 Å². The highest BCUT2D eigenvalue weighted by Crippen LogP contribution is 2.30. The first-order chi connectivity index (χ1) is 16.1. The summed E-state index contributed by atoms with van der Waals surface area (Å²) in [5.41, 5.74) is 4.50. The van der Waals surface area contributed by atoms with E-state index in [1.54, 1.807) is 0 Å². The third-order valence-electron chi connectivity index (χ3n) is 6.72. The molecular weight excluding hydrogens is 414 g/mol. The maximum absolute atomic E-state index is 13.0. The highest BCUT2D eigenvalue weighted by molar-refractivity contribution is 6.04. The van der Waals surface area contributed by atoms with Gasteiger partial charge in [-0.1, -0.05) is 30.3 Å². The van der Waals surface area contributed by atoms with E-state index in [0.717, 1.165) is 35.6 Å². The molecule has 0 aliphatic carbocycles. The second kappa shape index (κ2) is 9.10. The number of fused-ring (bicyclic) bond motifs is 1. The van der Waals surface area contributed by atoms with Crippen LogP contribution < -0.4 is 10.2 Å². The van der Waals surface area contributed by atoms with Crippen molar-refractivity contribution in [3.63, 3.8) is 0 Å². The van der Waals surface area contributed by atoms with Gasteiger partial charge in [0.05, 0.1) is 24.7 Å². The lowest BCUT2D eigenvalue weighted by molar-refractivity contribution is -0.133. The van der Waals surface area contributed by atoms with E-state index in [0.29, 0.717) is 24.5 Å². The topological polar surface area (TPSA) is 81.3 Å². The Bertz CT molecular complexity index is 1130. The average molecular weight is 444 g/mol. The van der Waals surface area contributed by atoms with Gasteiger partial charge in [0, 0.05) is 29.9 Å². The first-order valence-electron chi connectivity index (χ1n) is 11.7. The molecule has 1 aromatic heterocycles. The molecule has 1 saturated heterocycles. The molecule has 2 amide bonds. The van der Waals surface area contributed by atoms with Gasteiger partial charge in [0.25, 0.3) is 5.91 Å². The summed E-state index contributed by atoms with van der Waals surface area (Å²) >= 11 is 0. The maximum atomic E-state index is 13.0. The van der Waals surface area contributed by atoms with E-state index in [1.807, 2.05) is 66.4 Å². The molecule has 3 aromatic rings. The molecule has 2 aliphatic heterocycles. The molecule has 0 radical (unpaired) electrons. The van der Waals surface area contributed by atoms with E-state index in [9.17, 15) is 9.59 Å². The number of piperidine rings is 1. The van der Waals surface area contributed by atoms with Gasteiger partial charge in [0.1, 0.15) is 0 Å². The van der Waals surface area contributed by atoms with Gasteiger partial charge in [-0.3, -0.25) is 14.7 Å². The molecule has 33 heavy (non-hydrogen) atoms. The Labute approximate surface area is 193 Å². The molecule has 2 N–H and O–H groups in total. The Morgan fingerprint density at radius 3 is 2.42 bits per heavy atom. The third kappa shape index (κ3) is 4.35. The lowest BCUT2D eigenvalue weighted by Crippen LogP contribution is -2.30. The Hall–Kier alpha value is -3.61. The predicted molar refractivity (Wildman–Crippen MR) is 128 cm³/mol. The van der Waals surface area contributed by atoms with Crippen LogP contribution in [-0.4, -0.2) is 40.0 Å². The van der Waals surface area contributed by atoms with Crippen LogP contribution in [0.1, 0.15) is 59.3 Å². The smallest absolute Gasteiger partial charge is 0.256 e. The zero-order chi connectivity index (χ0) is 22.8. The highest BCUT2D eigenvalue weighted by atomic mass is 16.2. The summed E-state index contributed by atoms with van der Waals surface area (Å²) in [6.07, 6.45) is 3.73. The number of nitrogens with one attached hydrogen (secondary N) is 2. The van der Waals surface area contributed by atoms with E-state index < -0.39 is 0 Å². The summed E-state index contributed by atoms with van der Waals surface area (Å²) in [5.74, 6) is 0.144. The fraction of sp³-hybridized carbons (Fsp3) is 0.346. The number of H-pyrrole nitrogens is 1. The van der Waals surface area contributed by atoms with Crippen molar-refractivity contribution in [3.8, 4) is 0 Å². The van der Waals surface area contributed by atoms with Crippen LogP contribution in [0.4, 0.5) is 11.5 Å². The average Bonchev–Trinajstić information content (AvgIpc) is 3.46. The number of nitrogens with zero attached hydrogens (tertiary/aromatic N) is 3. The van der Waals surface area contributed by atoms with Gasteiger partial charge in [-0.05, 0) is 56.0 Å². The molecule has 1 fully saturated rings. The Kier molecular flexibility index (Phi) is 5.86. The Balaban J connectivity index is 1.23. The van der Waals surface area contributed by atoms with Crippen molar-refractivity contribution in [3.05, 3.63) is 77.0 Å². The van der Waals surface area contributed by atoms with Crippen LogP contribution in [0.5, 0.6) is 0 Å². The normalized spacial score (nSPS) is 16.4. The van der Waals surface area contributed by atoms with Gasteiger partial charge < -0.3 is 15.1 Å². The summed E-state index contributed by atoms with van der Waals surface area (Å²) in [6.45, 7) is 4.98. The third-order valence-corrected chi connectivity index (χ3v) is 6.72. The minimum atomic E-state index is -0.223. The van der Waals surface area contributed by atoms with Crippen molar-refractivity contribution in [1.82, 2.24) is 15.1 Å². The van der Waals surface area contributed by atoms with Crippen molar-refractivity contribution >= 4 is 23.3 Å². The van der Waals surface area contributed by atoms with Gasteiger partial charge in [0.15, 0.2) is 5.82 Å². The molecule has 3 heterocycles. The summed E-state index contributed by atoms with van der Waals surface area (Å²) < 4.78 is 0. The second-order valence-corrected chi connectivity index (χ2v) is 8.90. The number of aromatic amines is 1. The van der Waals surface area contributed by atoms with Gasteiger partial charge >= 0.3 is 0 Å². The first-order valence-corrected chi connectivity index (χ1v) is 11.7. The van der Waals surface area contributed by atoms with E-state index in [2.05, 4.69) is 20.4 Å². The van der Waals surface area contributed by atoms with Crippen molar-refractivity contribution in [2.45, 2.75) is 45.2 Å². The summed E-state index contributed by atoms with van der Waals surface area (Å²) in [7, 11) is 0. The van der Waals surface area contributed by atoms with Gasteiger partial charge in [-0.2, -0.15) is 5.10 Å². The predicted octanol–water partition coefficient (Wildman–Crippen LogP) is 4.30. The standard InChI is InChI=1S/C26H29N5O2/c1-18(19-8-4-2-5-9-19)26(33)31-16-22-23(17-31)28-29-24(22)27-25(32)20-10-12-21(13-11-20)30-14-6-3-7-15-30/h2,4-5,8-13,18H,3,6-7,14-17H2,1H3,(H2,27,28,29,32)/t18-/m1/s1. The first kappa shape index (κ1) is 21.2. The molecule has 7 heteroatoms. The minimum Gasteiger partial charge on any atom is -0.372 e. The number of carbonyl (C=O) groups is 2. The minimum absolute atomic E-state index is 0.0661. The summed E-state index contributed by atoms with van der Waals surface area (Å²) in [4.78, 5) is 30.1. The molecule has 1 atom stereocenters. The number of hydrogen-bond acceptors (Lipinski definition) is 4. The number of aromatic nitrogens is 2. The Morgan fingerprint density at radius 2 is 1.70 bits per heavy atom. The second-order valence-electron chi connectivity index (χ2n) is 8.90. The molecule has 2 aliphatic rings. The van der Waals surface area contributed by atoms with Gasteiger partial charge in [-0.25, -0.2) is 0 Å². The molecule has 0 saturated carbocycles. The maximum Gasteiger partial charge on any atom is 0.256 e. The number of carbonyl (C=O) groups excluding carboxylic acids is 2. The fourth-order valence-electron chi connectivity index (χ4n) is 4.71. The summed E-state index contributed by atoms with van der Waals surface area (Å²) in [6, 6.07) is 17.5. The lowest BCUT2D eigenvalue weighted by atomic mass is 10.00. The molecule has 0 unspecified atom stereocenters. The molecule has 5 rings (SSSR count). The molecule has 0 spiro atoms. The number of benzene rings is 2. The quantitative estimate of drug-likeness (QED) is 0.616. The lowest BCUT2D eigenvalue weighted by Gasteiger charge is -2.28. The number of rotatable bonds is 5. The van der Waals surface area contributed by atoms with Crippen LogP contribution in [-0.2, 0) is 17.9 Å². The highest BCUT2D eigenvalue weighted by Gasteiger charge is 2.31. The van der Waals surface area contributed by atoms with Crippen molar-refractivity contribution in [2.75, 3.05) is 23.3 Å². The molecule has 2 aromatic carbocycles. The van der Waals surface area contributed by atoms with Crippen molar-refractivity contribution in [2.24, 2.45) is 0 Å². The zero-order valence-electron chi connectivity index (χ0n) is 18.9. The largest absolute Gasteiger partial charge is 0.372 e. The number of amides is 2. The Morgan fingerprint density at radius 1 is 0.970 bits per heavy atom. The monoisotopic (exact) mass is 443 g/mol. The molecule has 7 nitrogen and oxygen atoms in total. The van der Waals surface area contributed by atoms with Crippen LogP contribution in [0.25, 0.3) is 0 Å². The van der Waals surface area contributed by atoms with E-state index in [1.165, 1.54) is 19.3 Å². The molecule has 0 bridgehead atoms. The van der Waals surface area contributed by atoms with Crippen LogP contribution in [0, 0.1) is 0 Å². The van der Waals surface area contributed by atoms with E-state index in [-0.39, 0.29) is 17.7 Å². The van der Waals surface area contributed by atoms with Crippen LogP contribution in [0.2, 0.25) is 0 Å². The zero-order valence-corrected chi connectivity index (χ0v) is 18.9. The van der Waals surface area contributed by atoms with Crippen molar-refractivity contribution < 1.29 is 9.59 Å². The van der Waals surface area contributed by atoms with E-state index >= 15 is 0 Å². The van der Waals surface area contributed by atoms with Crippen LogP contribution >= 0.6 is 0 Å². The van der Waals surface area contributed by atoms with Gasteiger partial charge in [-0.15, -0.1) is 0 Å². The number of hydrogen-bond donors (Lipinski definition) is 2. The van der Waals surface area contributed by atoms with Crippen LogP contribution in [0.3, 0.4) is 0 Å². The fourth-order valence-corrected chi connectivity index (χ4v) is 4.71. The molecular formula is C26H29N5O2. The number of anilines is 2. The SMILES string of the molecule is C[C@@H](C(=O)N1Cc2[nH]nc(NC(=O)c3ccc(N4CCCCC4)cc3)c2C1)c1ccccc1.